The first kappa shape index (κ1) is 17.7. The van der Waals surface area contributed by atoms with Crippen LogP contribution in [0.2, 0.25) is 0 Å². The number of fused-ring (bicyclic) bond motifs is 1. The number of aryl methyl sites for hydroxylation is 2. The molecule has 0 aliphatic heterocycles. The van der Waals surface area contributed by atoms with E-state index in [0.29, 0.717) is 10.4 Å². The third-order valence-electron chi connectivity index (χ3n) is 4.35. The predicted octanol–water partition coefficient (Wildman–Crippen LogP) is 3.86. The average Bonchev–Trinajstić information content (AvgIpc) is 2.96. The summed E-state index contributed by atoms with van der Waals surface area (Å²) in [6.45, 7) is 5.96. The minimum absolute atomic E-state index is 0.213. The lowest BCUT2D eigenvalue weighted by atomic mass is 9.96. The van der Waals surface area contributed by atoms with E-state index in [1.165, 1.54) is 3.97 Å². The van der Waals surface area contributed by atoms with E-state index in [9.17, 15) is 8.42 Å². The fourth-order valence-corrected chi connectivity index (χ4v) is 4.18. The largest absolute Gasteiger partial charge is 0.326 e. The molecule has 2 N–H and O–H groups in total. The van der Waals surface area contributed by atoms with Crippen molar-refractivity contribution in [3.8, 4) is 0 Å². The highest BCUT2D eigenvalue weighted by atomic mass is 32.2. The number of aromatic nitrogens is 1. The van der Waals surface area contributed by atoms with Crippen molar-refractivity contribution in [3.05, 3.63) is 65.9 Å². The van der Waals surface area contributed by atoms with Crippen LogP contribution >= 0.6 is 0 Å². The highest BCUT2D eigenvalue weighted by Gasteiger charge is 2.19. The molecule has 4 nitrogen and oxygen atoms in total. The van der Waals surface area contributed by atoms with Crippen LogP contribution in [-0.2, 0) is 16.4 Å². The summed E-state index contributed by atoms with van der Waals surface area (Å²) in [6.07, 6.45) is 3.37. The maximum atomic E-state index is 12.9. The van der Waals surface area contributed by atoms with E-state index >= 15 is 0 Å². The molecule has 0 unspecified atom stereocenters. The number of nitrogens with two attached hydrogens (primary N) is 1. The zero-order valence-corrected chi connectivity index (χ0v) is 15.7. The summed E-state index contributed by atoms with van der Waals surface area (Å²) in [5, 5.41) is 0.919. The summed E-state index contributed by atoms with van der Waals surface area (Å²) < 4.78 is 27.2. The molecule has 0 fully saturated rings. The maximum absolute atomic E-state index is 12.9. The molecule has 0 saturated carbocycles. The van der Waals surface area contributed by atoms with Gasteiger partial charge in [-0.1, -0.05) is 23.8 Å². The Hall–Kier alpha value is -2.11. The smallest absolute Gasteiger partial charge is 0.268 e. The molecule has 1 aromatic heterocycles. The molecule has 0 atom stereocenters. The number of nitrogens with zero attached hydrogens (tertiary/aromatic N) is 1. The van der Waals surface area contributed by atoms with E-state index < -0.39 is 10.0 Å². The fraction of sp³-hybridized carbons (Fsp3) is 0.300. The summed E-state index contributed by atoms with van der Waals surface area (Å²) in [4.78, 5) is 0.296. The van der Waals surface area contributed by atoms with Gasteiger partial charge in [0.1, 0.15) is 0 Å². The Morgan fingerprint density at radius 1 is 1.04 bits per heavy atom. The van der Waals surface area contributed by atoms with Crippen molar-refractivity contribution in [1.82, 2.24) is 3.97 Å². The SMILES string of the molecule is Cc1ccc(S(=O)(=O)n2ccc3cc(CCC(C)(C)N)ccc32)cc1. The van der Waals surface area contributed by atoms with Gasteiger partial charge in [-0.05, 0) is 69.5 Å². The molecule has 132 valence electrons. The molecule has 5 heteroatoms. The Kier molecular flexibility index (Phi) is 4.47. The Bertz CT molecular complexity index is 994. The number of hydrogen-bond donors (Lipinski definition) is 1. The Morgan fingerprint density at radius 2 is 1.72 bits per heavy atom. The fourth-order valence-electron chi connectivity index (χ4n) is 2.82. The zero-order chi connectivity index (χ0) is 18.2. The van der Waals surface area contributed by atoms with E-state index in [-0.39, 0.29) is 5.54 Å². The summed E-state index contributed by atoms with van der Waals surface area (Å²) in [5.41, 5.74) is 8.72. The highest BCUT2D eigenvalue weighted by molar-refractivity contribution is 7.90. The third kappa shape index (κ3) is 3.78. The molecule has 0 aliphatic carbocycles. The molecule has 0 saturated heterocycles. The molecule has 3 aromatic rings. The van der Waals surface area contributed by atoms with Gasteiger partial charge in [0.05, 0.1) is 10.4 Å². The molecule has 25 heavy (non-hydrogen) atoms. The molecular formula is C20H24N2O2S. The molecule has 0 radical (unpaired) electrons. The topological polar surface area (TPSA) is 65.1 Å². The molecule has 2 aromatic carbocycles. The van der Waals surface area contributed by atoms with Crippen LogP contribution in [0.15, 0.2) is 59.6 Å². The van der Waals surface area contributed by atoms with Crippen molar-refractivity contribution in [2.45, 2.75) is 44.0 Å². The molecule has 3 rings (SSSR count). The van der Waals surface area contributed by atoms with Gasteiger partial charge in [0.25, 0.3) is 10.0 Å². The summed E-state index contributed by atoms with van der Waals surface area (Å²) in [6, 6.07) is 14.7. The van der Waals surface area contributed by atoms with Crippen LogP contribution in [0.3, 0.4) is 0 Å². The third-order valence-corrected chi connectivity index (χ3v) is 6.06. The van der Waals surface area contributed by atoms with Gasteiger partial charge in [0, 0.05) is 17.1 Å². The highest BCUT2D eigenvalue weighted by Crippen LogP contribution is 2.24. The van der Waals surface area contributed by atoms with Gasteiger partial charge >= 0.3 is 0 Å². The lowest BCUT2D eigenvalue weighted by Gasteiger charge is -2.18. The average molecular weight is 356 g/mol. The Morgan fingerprint density at radius 3 is 2.36 bits per heavy atom. The van der Waals surface area contributed by atoms with Crippen molar-refractivity contribution in [3.63, 3.8) is 0 Å². The first-order valence-electron chi connectivity index (χ1n) is 8.38. The van der Waals surface area contributed by atoms with Crippen LogP contribution in [0.25, 0.3) is 10.9 Å². The van der Waals surface area contributed by atoms with Crippen LogP contribution in [0.5, 0.6) is 0 Å². The standard InChI is InChI=1S/C20H24N2O2S/c1-15-4-7-18(8-5-15)25(23,24)22-13-11-17-14-16(6-9-19(17)22)10-12-20(2,3)21/h4-9,11,13-14H,10,12,21H2,1-3H3. The van der Waals surface area contributed by atoms with Crippen molar-refractivity contribution in [2.24, 2.45) is 5.73 Å². The first-order chi connectivity index (χ1) is 11.7. The minimum atomic E-state index is -3.59. The number of hydrogen-bond acceptors (Lipinski definition) is 3. The first-order valence-corrected chi connectivity index (χ1v) is 9.82. The van der Waals surface area contributed by atoms with Crippen molar-refractivity contribution in [2.75, 3.05) is 0 Å². The molecule has 0 bridgehead atoms. The second-order valence-corrected chi connectivity index (χ2v) is 9.13. The number of rotatable bonds is 5. The quantitative estimate of drug-likeness (QED) is 0.755. The number of benzene rings is 2. The van der Waals surface area contributed by atoms with Crippen molar-refractivity contribution < 1.29 is 8.42 Å². The molecule has 1 heterocycles. The van der Waals surface area contributed by atoms with E-state index in [1.54, 1.807) is 18.3 Å². The Labute approximate surface area is 149 Å². The minimum Gasteiger partial charge on any atom is -0.326 e. The van der Waals surface area contributed by atoms with Crippen molar-refractivity contribution in [1.29, 1.82) is 0 Å². The van der Waals surface area contributed by atoms with E-state index in [2.05, 4.69) is 0 Å². The Balaban J connectivity index is 1.97. The monoisotopic (exact) mass is 356 g/mol. The van der Waals surface area contributed by atoms with Crippen LogP contribution in [0.1, 0.15) is 31.4 Å². The predicted molar refractivity (Wildman–Crippen MR) is 102 cm³/mol. The molecule has 0 aliphatic rings. The van der Waals surface area contributed by atoms with Gasteiger partial charge in [0.15, 0.2) is 0 Å². The summed E-state index contributed by atoms with van der Waals surface area (Å²) in [5.74, 6) is 0. The van der Waals surface area contributed by atoms with E-state index in [4.69, 9.17) is 5.73 Å². The van der Waals surface area contributed by atoms with E-state index in [0.717, 1.165) is 29.4 Å². The second-order valence-electron chi connectivity index (χ2n) is 7.31. The van der Waals surface area contributed by atoms with Gasteiger partial charge in [-0.3, -0.25) is 0 Å². The maximum Gasteiger partial charge on any atom is 0.268 e. The van der Waals surface area contributed by atoms with E-state index in [1.807, 2.05) is 57.2 Å². The van der Waals surface area contributed by atoms with Crippen molar-refractivity contribution >= 4 is 20.9 Å². The normalized spacial score (nSPS) is 12.6. The lowest BCUT2D eigenvalue weighted by molar-refractivity contribution is 0.477. The summed E-state index contributed by atoms with van der Waals surface area (Å²) in [7, 11) is -3.59. The van der Waals surface area contributed by atoms with Gasteiger partial charge in [-0.25, -0.2) is 12.4 Å². The van der Waals surface area contributed by atoms with Crippen LogP contribution in [0.4, 0.5) is 0 Å². The lowest BCUT2D eigenvalue weighted by Crippen LogP contribution is -2.32. The van der Waals surface area contributed by atoms with Gasteiger partial charge in [-0.2, -0.15) is 0 Å². The van der Waals surface area contributed by atoms with Gasteiger partial charge < -0.3 is 5.73 Å². The summed E-state index contributed by atoms with van der Waals surface area (Å²) >= 11 is 0. The molecule has 0 spiro atoms. The molecular weight excluding hydrogens is 332 g/mol. The molecule has 0 amide bonds. The van der Waals surface area contributed by atoms with Gasteiger partial charge in [-0.15, -0.1) is 0 Å². The van der Waals surface area contributed by atoms with Crippen LogP contribution in [0, 0.1) is 6.92 Å². The van der Waals surface area contributed by atoms with Gasteiger partial charge in [0.2, 0.25) is 0 Å². The van der Waals surface area contributed by atoms with Crippen LogP contribution < -0.4 is 5.73 Å². The second kappa shape index (κ2) is 6.32. The zero-order valence-electron chi connectivity index (χ0n) is 14.9. The van der Waals surface area contributed by atoms with Crippen LogP contribution in [-0.4, -0.2) is 17.9 Å².